The predicted octanol–water partition coefficient (Wildman–Crippen LogP) is 1.95. The standard InChI is InChI=1S/C13H15N3/c14-12-6-7-16-13(8-12)10-15-9-11-4-2-1-3-5-11/h1-8,15H,9-10H2,(H2,14,16). The summed E-state index contributed by atoms with van der Waals surface area (Å²) < 4.78 is 0. The minimum Gasteiger partial charge on any atom is -0.399 e. The Morgan fingerprint density at radius 3 is 2.62 bits per heavy atom. The summed E-state index contributed by atoms with van der Waals surface area (Å²) in [5.74, 6) is 0. The molecule has 0 spiro atoms. The molecule has 0 fully saturated rings. The Labute approximate surface area is 95.3 Å². The molecule has 16 heavy (non-hydrogen) atoms. The first-order valence-electron chi connectivity index (χ1n) is 5.29. The lowest BCUT2D eigenvalue weighted by Gasteiger charge is -2.04. The Hall–Kier alpha value is -1.87. The minimum absolute atomic E-state index is 0.736. The van der Waals surface area contributed by atoms with Gasteiger partial charge in [0.25, 0.3) is 0 Å². The van der Waals surface area contributed by atoms with Crippen LogP contribution in [0, 0.1) is 0 Å². The Balaban J connectivity index is 1.85. The van der Waals surface area contributed by atoms with E-state index >= 15 is 0 Å². The van der Waals surface area contributed by atoms with Crippen LogP contribution in [0.4, 0.5) is 5.69 Å². The number of anilines is 1. The third-order valence-corrected chi connectivity index (χ3v) is 2.32. The van der Waals surface area contributed by atoms with Gasteiger partial charge in [-0.2, -0.15) is 0 Å². The van der Waals surface area contributed by atoms with E-state index in [1.807, 2.05) is 24.3 Å². The van der Waals surface area contributed by atoms with E-state index in [2.05, 4.69) is 22.4 Å². The van der Waals surface area contributed by atoms with E-state index in [0.717, 1.165) is 24.5 Å². The third-order valence-electron chi connectivity index (χ3n) is 2.32. The van der Waals surface area contributed by atoms with Crippen molar-refractivity contribution in [2.75, 3.05) is 5.73 Å². The van der Waals surface area contributed by atoms with Crippen molar-refractivity contribution in [2.24, 2.45) is 0 Å². The van der Waals surface area contributed by atoms with Gasteiger partial charge in [0, 0.05) is 25.0 Å². The molecule has 1 aromatic heterocycles. The van der Waals surface area contributed by atoms with E-state index in [9.17, 15) is 0 Å². The van der Waals surface area contributed by atoms with Crippen molar-refractivity contribution in [3.05, 3.63) is 59.9 Å². The Kier molecular flexibility index (Phi) is 3.51. The van der Waals surface area contributed by atoms with Crippen LogP contribution in [0.2, 0.25) is 0 Å². The second kappa shape index (κ2) is 5.28. The maximum atomic E-state index is 5.67. The van der Waals surface area contributed by atoms with Gasteiger partial charge in [-0.25, -0.2) is 0 Å². The lowest BCUT2D eigenvalue weighted by atomic mass is 10.2. The van der Waals surface area contributed by atoms with Gasteiger partial charge in [0.1, 0.15) is 0 Å². The topological polar surface area (TPSA) is 50.9 Å². The van der Waals surface area contributed by atoms with E-state index in [4.69, 9.17) is 5.73 Å². The number of nitrogens with zero attached hydrogens (tertiary/aromatic N) is 1. The highest BCUT2D eigenvalue weighted by Crippen LogP contribution is 2.03. The summed E-state index contributed by atoms with van der Waals surface area (Å²) in [7, 11) is 0. The zero-order chi connectivity index (χ0) is 11.2. The average Bonchev–Trinajstić information content (AvgIpc) is 2.30. The number of pyridine rings is 1. The second-order valence-corrected chi connectivity index (χ2v) is 3.67. The zero-order valence-electron chi connectivity index (χ0n) is 9.06. The number of hydrogen-bond acceptors (Lipinski definition) is 3. The van der Waals surface area contributed by atoms with Crippen molar-refractivity contribution in [2.45, 2.75) is 13.1 Å². The molecule has 2 rings (SSSR count). The van der Waals surface area contributed by atoms with E-state index in [1.165, 1.54) is 5.56 Å². The van der Waals surface area contributed by atoms with Gasteiger partial charge < -0.3 is 11.1 Å². The number of hydrogen-bond donors (Lipinski definition) is 2. The Bertz CT molecular complexity index is 440. The quantitative estimate of drug-likeness (QED) is 0.816. The lowest BCUT2D eigenvalue weighted by molar-refractivity contribution is 0.680. The van der Waals surface area contributed by atoms with Gasteiger partial charge in [-0.05, 0) is 17.7 Å². The van der Waals surface area contributed by atoms with Gasteiger partial charge in [-0.3, -0.25) is 4.98 Å². The Morgan fingerprint density at radius 1 is 1.06 bits per heavy atom. The van der Waals surface area contributed by atoms with Gasteiger partial charge in [-0.1, -0.05) is 30.3 Å². The summed E-state index contributed by atoms with van der Waals surface area (Å²) in [5, 5.41) is 3.33. The number of nitrogen functional groups attached to an aromatic ring is 1. The van der Waals surface area contributed by atoms with Gasteiger partial charge in [0.2, 0.25) is 0 Å². The molecule has 1 aromatic carbocycles. The van der Waals surface area contributed by atoms with E-state index < -0.39 is 0 Å². The van der Waals surface area contributed by atoms with Crippen molar-refractivity contribution in [1.29, 1.82) is 0 Å². The van der Waals surface area contributed by atoms with Crippen molar-refractivity contribution in [1.82, 2.24) is 10.3 Å². The zero-order valence-corrected chi connectivity index (χ0v) is 9.06. The molecule has 0 aliphatic rings. The molecule has 0 amide bonds. The van der Waals surface area contributed by atoms with Crippen LogP contribution in [-0.2, 0) is 13.1 Å². The fraction of sp³-hybridized carbons (Fsp3) is 0.154. The molecule has 82 valence electrons. The molecule has 1 heterocycles. The summed E-state index contributed by atoms with van der Waals surface area (Å²) >= 11 is 0. The number of rotatable bonds is 4. The fourth-order valence-electron chi connectivity index (χ4n) is 1.52. The molecule has 3 heteroatoms. The monoisotopic (exact) mass is 213 g/mol. The summed E-state index contributed by atoms with van der Waals surface area (Å²) in [6.45, 7) is 1.58. The molecule has 0 radical (unpaired) electrons. The summed E-state index contributed by atoms with van der Waals surface area (Å²) in [5.41, 5.74) is 8.67. The highest BCUT2D eigenvalue weighted by atomic mass is 14.9. The maximum absolute atomic E-state index is 5.67. The molecule has 3 N–H and O–H groups in total. The average molecular weight is 213 g/mol. The molecule has 0 saturated heterocycles. The first kappa shape index (κ1) is 10.6. The van der Waals surface area contributed by atoms with Crippen LogP contribution in [0.3, 0.4) is 0 Å². The highest BCUT2D eigenvalue weighted by Gasteiger charge is 1.95. The van der Waals surface area contributed by atoms with Crippen molar-refractivity contribution in [3.63, 3.8) is 0 Å². The first-order chi connectivity index (χ1) is 7.84. The Morgan fingerprint density at radius 2 is 1.88 bits per heavy atom. The van der Waals surface area contributed by atoms with Gasteiger partial charge in [-0.15, -0.1) is 0 Å². The molecule has 3 nitrogen and oxygen atoms in total. The van der Waals surface area contributed by atoms with Crippen LogP contribution in [0.5, 0.6) is 0 Å². The molecule has 0 saturated carbocycles. The smallest absolute Gasteiger partial charge is 0.0562 e. The summed E-state index contributed by atoms with van der Waals surface area (Å²) in [6.07, 6.45) is 1.73. The summed E-state index contributed by atoms with van der Waals surface area (Å²) in [6, 6.07) is 14.0. The minimum atomic E-state index is 0.736. The molecule has 0 aliphatic carbocycles. The molecule has 0 unspecified atom stereocenters. The summed E-state index contributed by atoms with van der Waals surface area (Å²) in [4.78, 5) is 4.23. The molecule has 2 aromatic rings. The van der Waals surface area contributed by atoms with Crippen molar-refractivity contribution in [3.8, 4) is 0 Å². The molecule has 0 atom stereocenters. The normalized spacial score (nSPS) is 10.2. The third kappa shape index (κ3) is 3.07. The van der Waals surface area contributed by atoms with Crippen LogP contribution in [0.1, 0.15) is 11.3 Å². The second-order valence-electron chi connectivity index (χ2n) is 3.67. The molecule has 0 aliphatic heterocycles. The van der Waals surface area contributed by atoms with Gasteiger partial charge in [0.05, 0.1) is 5.69 Å². The van der Waals surface area contributed by atoms with E-state index in [0.29, 0.717) is 0 Å². The van der Waals surface area contributed by atoms with E-state index in [1.54, 1.807) is 12.3 Å². The van der Waals surface area contributed by atoms with Crippen LogP contribution in [0.25, 0.3) is 0 Å². The van der Waals surface area contributed by atoms with Crippen LogP contribution < -0.4 is 11.1 Å². The van der Waals surface area contributed by atoms with Crippen molar-refractivity contribution >= 4 is 5.69 Å². The lowest BCUT2D eigenvalue weighted by Crippen LogP contribution is -2.13. The molecule has 0 bridgehead atoms. The number of nitrogens with two attached hydrogens (primary N) is 1. The molecular weight excluding hydrogens is 198 g/mol. The maximum Gasteiger partial charge on any atom is 0.0562 e. The number of aromatic nitrogens is 1. The molecular formula is C13H15N3. The SMILES string of the molecule is Nc1ccnc(CNCc2ccccc2)c1. The van der Waals surface area contributed by atoms with Crippen molar-refractivity contribution < 1.29 is 0 Å². The van der Waals surface area contributed by atoms with Crippen LogP contribution in [0.15, 0.2) is 48.7 Å². The fourth-order valence-corrected chi connectivity index (χ4v) is 1.52. The number of nitrogens with one attached hydrogen (secondary N) is 1. The largest absolute Gasteiger partial charge is 0.399 e. The first-order valence-corrected chi connectivity index (χ1v) is 5.29. The number of benzene rings is 1. The van der Waals surface area contributed by atoms with Gasteiger partial charge in [0.15, 0.2) is 0 Å². The van der Waals surface area contributed by atoms with Gasteiger partial charge >= 0.3 is 0 Å². The predicted molar refractivity (Wildman–Crippen MR) is 65.6 cm³/mol. The highest BCUT2D eigenvalue weighted by molar-refractivity contribution is 5.37. The van der Waals surface area contributed by atoms with Crippen LogP contribution >= 0.6 is 0 Å². The van der Waals surface area contributed by atoms with Crippen LogP contribution in [-0.4, -0.2) is 4.98 Å². The van der Waals surface area contributed by atoms with E-state index in [-0.39, 0.29) is 0 Å².